The monoisotopic (exact) mass is 360 g/mol. The van der Waals surface area contributed by atoms with Crippen molar-refractivity contribution in [3.8, 4) is 11.5 Å². The van der Waals surface area contributed by atoms with Gasteiger partial charge in [-0.05, 0) is 36.8 Å². The highest BCUT2D eigenvalue weighted by Crippen LogP contribution is 2.27. The van der Waals surface area contributed by atoms with Crippen molar-refractivity contribution in [1.29, 1.82) is 0 Å². The molecule has 6 nitrogen and oxygen atoms in total. The van der Waals surface area contributed by atoms with Crippen molar-refractivity contribution >= 4 is 17.8 Å². The molecule has 0 aliphatic carbocycles. The van der Waals surface area contributed by atoms with Gasteiger partial charge in [-0.2, -0.15) is 0 Å². The maximum absolute atomic E-state index is 13.4. The molecule has 26 heavy (non-hydrogen) atoms. The fourth-order valence-corrected chi connectivity index (χ4v) is 2.04. The first kappa shape index (κ1) is 19.2. The van der Waals surface area contributed by atoms with Gasteiger partial charge in [0.15, 0.2) is 18.1 Å². The van der Waals surface area contributed by atoms with E-state index in [9.17, 15) is 9.18 Å². The van der Waals surface area contributed by atoms with Crippen LogP contribution in [0.3, 0.4) is 0 Å². The molecule has 0 fully saturated rings. The lowest BCUT2D eigenvalue weighted by molar-refractivity contribution is -0.120. The Morgan fingerprint density at radius 2 is 2.04 bits per heavy atom. The van der Waals surface area contributed by atoms with Gasteiger partial charge < -0.3 is 19.6 Å². The van der Waals surface area contributed by atoms with E-state index >= 15 is 0 Å². The zero-order chi connectivity index (χ0) is 18.8. The van der Waals surface area contributed by atoms with Crippen molar-refractivity contribution in [2.45, 2.75) is 13.3 Å². The molecule has 0 heterocycles. The van der Waals surface area contributed by atoms with Crippen LogP contribution in [0.2, 0.25) is 0 Å². The number of amides is 1. The number of hydrogen-bond donors (Lipinski definition) is 1. The standard InChI is InChI=1S/C19H21FN2O4/c1-3-10-25-17-9-8-14(11-18(17)24-2)12-21-26-13-19(23)22-16-7-5-4-6-15(16)20/h4-9,11-12H,3,10,13H2,1-2H3,(H,22,23)/b21-12-. The minimum atomic E-state index is -0.512. The maximum Gasteiger partial charge on any atom is 0.265 e. The van der Waals surface area contributed by atoms with E-state index in [0.29, 0.717) is 18.1 Å². The molecule has 138 valence electrons. The number of para-hydroxylation sites is 1. The third kappa shape index (κ3) is 5.77. The number of carbonyl (C=O) groups excluding carboxylic acids is 1. The molecule has 1 amide bonds. The van der Waals surface area contributed by atoms with Gasteiger partial charge >= 0.3 is 0 Å². The lowest BCUT2D eigenvalue weighted by atomic mass is 10.2. The topological polar surface area (TPSA) is 69.2 Å². The van der Waals surface area contributed by atoms with Crippen molar-refractivity contribution in [2.75, 3.05) is 25.6 Å². The lowest BCUT2D eigenvalue weighted by Gasteiger charge is -2.10. The minimum absolute atomic E-state index is 0.0949. The van der Waals surface area contributed by atoms with E-state index in [1.807, 2.05) is 6.92 Å². The Morgan fingerprint density at radius 1 is 1.23 bits per heavy atom. The average molecular weight is 360 g/mol. The molecule has 2 aromatic rings. The fraction of sp³-hybridized carbons (Fsp3) is 0.263. The van der Waals surface area contributed by atoms with Crippen molar-refractivity contribution < 1.29 is 23.5 Å². The zero-order valence-corrected chi connectivity index (χ0v) is 14.7. The van der Waals surface area contributed by atoms with Crippen molar-refractivity contribution in [3.05, 3.63) is 53.8 Å². The first-order valence-electron chi connectivity index (χ1n) is 8.14. The smallest absolute Gasteiger partial charge is 0.265 e. The van der Waals surface area contributed by atoms with Gasteiger partial charge in [0, 0.05) is 5.56 Å². The van der Waals surface area contributed by atoms with E-state index in [1.54, 1.807) is 37.4 Å². The predicted octanol–water partition coefficient (Wildman–Crippen LogP) is 3.61. The summed E-state index contributed by atoms with van der Waals surface area (Å²) in [5.41, 5.74) is 0.817. The third-order valence-electron chi connectivity index (χ3n) is 3.27. The number of oxime groups is 1. The first-order chi connectivity index (χ1) is 12.6. The lowest BCUT2D eigenvalue weighted by Crippen LogP contribution is -2.17. The Kier molecular flexibility index (Phi) is 7.42. The van der Waals surface area contributed by atoms with Crippen LogP contribution >= 0.6 is 0 Å². The average Bonchev–Trinajstić information content (AvgIpc) is 2.65. The molecule has 1 N–H and O–H groups in total. The summed E-state index contributed by atoms with van der Waals surface area (Å²) in [6.45, 7) is 2.29. The van der Waals surface area contributed by atoms with Crippen LogP contribution in [-0.4, -0.2) is 32.4 Å². The number of hydrogen-bond acceptors (Lipinski definition) is 5. The predicted molar refractivity (Wildman–Crippen MR) is 97.4 cm³/mol. The van der Waals surface area contributed by atoms with Crippen molar-refractivity contribution in [3.63, 3.8) is 0 Å². The number of benzene rings is 2. The second kappa shape index (κ2) is 10.0. The Morgan fingerprint density at radius 3 is 2.77 bits per heavy atom. The Balaban J connectivity index is 1.86. The molecular formula is C19H21FN2O4. The summed E-state index contributed by atoms with van der Waals surface area (Å²) in [4.78, 5) is 16.7. The van der Waals surface area contributed by atoms with Crippen LogP contribution in [0, 0.1) is 5.82 Å². The largest absolute Gasteiger partial charge is 0.493 e. The van der Waals surface area contributed by atoms with Gasteiger partial charge in [-0.15, -0.1) is 0 Å². The van der Waals surface area contributed by atoms with Gasteiger partial charge in [0.25, 0.3) is 5.91 Å². The number of nitrogens with one attached hydrogen (secondary N) is 1. The maximum atomic E-state index is 13.4. The minimum Gasteiger partial charge on any atom is -0.493 e. The first-order valence-corrected chi connectivity index (χ1v) is 8.14. The number of ether oxygens (including phenoxy) is 2. The van der Waals surface area contributed by atoms with E-state index in [0.717, 1.165) is 12.0 Å². The van der Waals surface area contributed by atoms with Gasteiger partial charge in [0.1, 0.15) is 5.82 Å². The summed E-state index contributed by atoms with van der Waals surface area (Å²) >= 11 is 0. The molecule has 0 spiro atoms. The molecule has 0 aromatic heterocycles. The highest BCUT2D eigenvalue weighted by Gasteiger charge is 2.07. The van der Waals surface area contributed by atoms with E-state index in [-0.39, 0.29) is 12.3 Å². The summed E-state index contributed by atoms with van der Waals surface area (Å²) in [6.07, 6.45) is 2.34. The number of anilines is 1. The summed E-state index contributed by atoms with van der Waals surface area (Å²) in [7, 11) is 1.55. The van der Waals surface area contributed by atoms with Gasteiger partial charge in [-0.25, -0.2) is 4.39 Å². The van der Waals surface area contributed by atoms with Gasteiger partial charge in [-0.3, -0.25) is 4.79 Å². The molecule has 7 heteroatoms. The van der Waals surface area contributed by atoms with Crippen molar-refractivity contribution in [2.24, 2.45) is 5.16 Å². The summed E-state index contributed by atoms with van der Waals surface area (Å²) in [6, 6.07) is 11.2. The van der Waals surface area contributed by atoms with Crippen molar-refractivity contribution in [1.82, 2.24) is 0 Å². The van der Waals surface area contributed by atoms with Gasteiger partial charge in [0.2, 0.25) is 0 Å². The van der Waals surface area contributed by atoms with Crippen LogP contribution in [-0.2, 0) is 9.63 Å². The van der Waals surface area contributed by atoms with Gasteiger partial charge in [0.05, 0.1) is 25.6 Å². The molecule has 0 bridgehead atoms. The van der Waals surface area contributed by atoms with E-state index < -0.39 is 11.7 Å². The second-order valence-electron chi connectivity index (χ2n) is 5.29. The third-order valence-corrected chi connectivity index (χ3v) is 3.27. The molecule has 0 atom stereocenters. The molecule has 0 saturated carbocycles. The van der Waals surface area contributed by atoms with Crippen LogP contribution in [0.1, 0.15) is 18.9 Å². The molecule has 0 unspecified atom stereocenters. The Hall–Kier alpha value is -3.09. The van der Waals surface area contributed by atoms with E-state index in [4.69, 9.17) is 14.3 Å². The Labute approximate surface area is 151 Å². The van der Waals surface area contributed by atoms with Crippen LogP contribution in [0.25, 0.3) is 0 Å². The van der Waals surface area contributed by atoms with Crippen LogP contribution in [0.4, 0.5) is 10.1 Å². The highest BCUT2D eigenvalue weighted by molar-refractivity contribution is 5.91. The van der Waals surface area contributed by atoms with Crippen LogP contribution in [0.15, 0.2) is 47.6 Å². The molecular weight excluding hydrogens is 339 g/mol. The van der Waals surface area contributed by atoms with Gasteiger partial charge in [-0.1, -0.05) is 24.2 Å². The number of nitrogens with zero attached hydrogens (tertiary/aromatic N) is 1. The van der Waals surface area contributed by atoms with Crippen LogP contribution in [0.5, 0.6) is 11.5 Å². The molecule has 0 aliphatic rings. The highest BCUT2D eigenvalue weighted by atomic mass is 19.1. The second-order valence-corrected chi connectivity index (χ2v) is 5.29. The van der Waals surface area contributed by atoms with E-state index in [1.165, 1.54) is 18.3 Å². The number of carbonyl (C=O) groups is 1. The number of methoxy groups -OCH3 is 1. The quantitative estimate of drug-likeness (QED) is 0.548. The summed E-state index contributed by atoms with van der Waals surface area (Å²) in [5.74, 6) is 0.214. The normalized spacial score (nSPS) is 10.6. The molecule has 2 rings (SSSR count). The summed E-state index contributed by atoms with van der Waals surface area (Å²) < 4.78 is 24.3. The number of rotatable bonds is 9. The Bertz CT molecular complexity index is 765. The summed E-state index contributed by atoms with van der Waals surface area (Å²) in [5, 5.41) is 6.14. The SMILES string of the molecule is CCCOc1ccc(/C=N\OCC(=O)Nc2ccccc2F)cc1OC. The fourth-order valence-electron chi connectivity index (χ4n) is 2.04. The zero-order valence-electron chi connectivity index (χ0n) is 14.7. The van der Waals surface area contributed by atoms with Crippen LogP contribution < -0.4 is 14.8 Å². The molecule has 2 aromatic carbocycles. The molecule has 0 saturated heterocycles. The molecule has 0 aliphatic heterocycles. The van der Waals surface area contributed by atoms with E-state index in [2.05, 4.69) is 10.5 Å². The molecule has 0 radical (unpaired) electrons. The number of halogens is 1.